The van der Waals surface area contributed by atoms with Gasteiger partial charge in [-0.25, -0.2) is 0 Å². The van der Waals surface area contributed by atoms with Gasteiger partial charge in [0.25, 0.3) is 0 Å². The summed E-state index contributed by atoms with van der Waals surface area (Å²) in [6, 6.07) is 0.314. The van der Waals surface area contributed by atoms with Crippen molar-refractivity contribution < 1.29 is 9.53 Å². The highest BCUT2D eigenvalue weighted by Gasteiger charge is 2.52. The number of amides is 1. The lowest BCUT2D eigenvalue weighted by molar-refractivity contribution is -0.167. The van der Waals surface area contributed by atoms with Crippen LogP contribution in [0, 0.1) is 5.41 Å². The highest BCUT2D eigenvalue weighted by atomic mass is 16.5. The van der Waals surface area contributed by atoms with Gasteiger partial charge in [0.1, 0.15) is 0 Å². The van der Waals surface area contributed by atoms with Gasteiger partial charge in [-0.05, 0) is 32.7 Å². The second-order valence-corrected chi connectivity index (χ2v) is 6.00. The fourth-order valence-electron chi connectivity index (χ4n) is 2.97. The van der Waals surface area contributed by atoms with E-state index < -0.39 is 0 Å². The van der Waals surface area contributed by atoms with E-state index in [4.69, 9.17) is 10.5 Å². The zero-order valence-electron chi connectivity index (χ0n) is 12.9. The smallest absolute Gasteiger partial charge is 0.222 e. The quantitative estimate of drug-likeness (QED) is 0.735. The van der Waals surface area contributed by atoms with Crippen molar-refractivity contribution in [2.75, 3.05) is 19.7 Å². The van der Waals surface area contributed by atoms with Crippen LogP contribution < -0.4 is 5.73 Å². The summed E-state index contributed by atoms with van der Waals surface area (Å²) in [5, 5.41) is 0. The Bertz CT molecular complexity index is 292. The van der Waals surface area contributed by atoms with Crippen LogP contribution in [0.4, 0.5) is 0 Å². The van der Waals surface area contributed by atoms with E-state index in [-0.39, 0.29) is 17.4 Å². The third-order valence-electron chi connectivity index (χ3n) is 4.25. The molecule has 0 aromatic rings. The summed E-state index contributed by atoms with van der Waals surface area (Å²) in [7, 11) is 0. The van der Waals surface area contributed by atoms with Crippen molar-refractivity contribution in [1.29, 1.82) is 0 Å². The zero-order valence-corrected chi connectivity index (χ0v) is 12.9. The predicted octanol–water partition coefficient (Wildman–Crippen LogP) is 2.17. The lowest BCUT2D eigenvalue weighted by atomic mass is 9.63. The lowest BCUT2D eigenvalue weighted by Gasteiger charge is -2.55. The Morgan fingerprint density at radius 3 is 2.58 bits per heavy atom. The fraction of sp³-hybridized carbons (Fsp3) is 0.933. The minimum Gasteiger partial charge on any atom is -0.378 e. The Kier molecular flexibility index (Phi) is 6.27. The predicted molar refractivity (Wildman–Crippen MR) is 77.9 cm³/mol. The van der Waals surface area contributed by atoms with Gasteiger partial charge in [-0.1, -0.05) is 20.8 Å². The molecule has 4 heteroatoms. The first-order valence-electron chi connectivity index (χ1n) is 7.60. The van der Waals surface area contributed by atoms with Gasteiger partial charge >= 0.3 is 0 Å². The Balaban J connectivity index is 2.65. The maximum absolute atomic E-state index is 12.3. The van der Waals surface area contributed by atoms with E-state index in [9.17, 15) is 4.79 Å². The Morgan fingerprint density at radius 2 is 2.11 bits per heavy atom. The summed E-state index contributed by atoms with van der Waals surface area (Å²) in [5.74, 6) is 0.250. The van der Waals surface area contributed by atoms with Gasteiger partial charge in [-0.15, -0.1) is 0 Å². The number of hydrogen-bond acceptors (Lipinski definition) is 3. The summed E-state index contributed by atoms with van der Waals surface area (Å²) in [6.45, 7) is 10.7. The monoisotopic (exact) mass is 270 g/mol. The lowest BCUT2D eigenvalue weighted by Crippen LogP contribution is -2.63. The third-order valence-corrected chi connectivity index (χ3v) is 4.25. The van der Waals surface area contributed by atoms with E-state index in [2.05, 4.69) is 25.7 Å². The van der Waals surface area contributed by atoms with Crippen LogP contribution in [0.25, 0.3) is 0 Å². The van der Waals surface area contributed by atoms with Crippen LogP contribution in [-0.2, 0) is 9.53 Å². The maximum atomic E-state index is 12.3. The van der Waals surface area contributed by atoms with Gasteiger partial charge in [-0.3, -0.25) is 4.79 Å². The van der Waals surface area contributed by atoms with Crippen LogP contribution in [0.15, 0.2) is 0 Å². The van der Waals surface area contributed by atoms with Crippen LogP contribution in [0.1, 0.15) is 53.4 Å². The summed E-state index contributed by atoms with van der Waals surface area (Å²) in [5.41, 5.74) is 5.56. The van der Waals surface area contributed by atoms with Crippen molar-refractivity contribution >= 4 is 5.91 Å². The number of nitrogens with two attached hydrogens (primary N) is 1. The summed E-state index contributed by atoms with van der Waals surface area (Å²) < 4.78 is 5.75. The molecule has 0 spiro atoms. The van der Waals surface area contributed by atoms with Crippen LogP contribution >= 0.6 is 0 Å². The molecule has 0 aromatic heterocycles. The van der Waals surface area contributed by atoms with Crippen molar-refractivity contribution in [1.82, 2.24) is 4.90 Å². The molecule has 0 heterocycles. The topological polar surface area (TPSA) is 55.6 Å². The van der Waals surface area contributed by atoms with E-state index in [1.807, 2.05) is 6.92 Å². The van der Waals surface area contributed by atoms with Gasteiger partial charge in [-0.2, -0.15) is 0 Å². The van der Waals surface area contributed by atoms with Crippen LogP contribution in [0.5, 0.6) is 0 Å². The molecule has 0 aliphatic heterocycles. The molecule has 1 amide bonds. The van der Waals surface area contributed by atoms with Gasteiger partial charge in [0.15, 0.2) is 0 Å². The first-order chi connectivity index (χ1) is 8.98. The third kappa shape index (κ3) is 3.69. The average molecular weight is 270 g/mol. The number of rotatable bonds is 8. The number of carbonyl (C=O) groups is 1. The van der Waals surface area contributed by atoms with Crippen LogP contribution in [-0.4, -0.2) is 42.6 Å². The molecule has 1 fully saturated rings. The molecule has 0 aromatic carbocycles. The molecule has 1 aliphatic carbocycles. The molecule has 1 rings (SSSR count). The van der Waals surface area contributed by atoms with E-state index in [0.717, 1.165) is 32.4 Å². The van der Waals surface area contributed by atoms with Crippen molar-refractivity contribution in [2.24, 2.45) is 11.1 Å². The SMILES string of the molecule is CCCN(C(=O)CCCN)C1CC(OCC)C1(C)C. The zero-order chi connectivity index (χ0) is 14.5. The molecule has 2 atom stereocenters. The minimum atomic E-state index is 0.0591. The second-order valence-electron chi connectivity index (χ2n) is 6.00. The molecule has 1 saturated carbocycles. The number of carbonyl (C=O) groups excluding carboxylic acids is 1. The summed E-state index contributed by atoms with van der Waals surface area (Å²) >= 11 is 0. The van der Waals surface area contributed by atoms with Crippen LogP contribution in [0.2, 0.25) is 0 Å². The summed E-state index contributed by atoms with van der Waals surface area (Å²) in [6.07, 6.45) is 3.60. The van der Waals surface area contributed by atoms with E-state index in [1.165, 1.54) is 0 Å². The number of ether oxygens (including phenoxy) is 1. The standard InChI is InChI=1S/C15H30N2O2/c1-5-10-17(14(18)8-7-9-16)12-11-13(19-6-2)15(12,3)4/h12-13H,5-11,16H2,1-4H3. The molecule has 0 saturated heterocycles. The fourth-order valence-corrected chi connectivity index (χ4v) is 2.97. The van der Waals surface area contributed by atoms with E-state index in [1.54, 1.807) is 0 Å². The molecule has 19 heavy (non-hydrogen) atoms. The molecule has 112 valence electrons. The molecular weight excluding hydrogens is 240 g/mol. The largest absolute Gasteiger partial charge is 0.378 e. The molecule has 0 bridgehead atoms. The molecular formula is C15H30N2O2. The van der Waals surface area contributed by atoms with Gasteiger partial charge < -0.3 is 15.4 Å². The van der Waals surface area contributed by atoms with Crippen molar-refractivity contribution in [3.8, 4) is 0 Å². The normalized spacial score (nSPS) is 24.9. The van der Waals surface area contributed by atoms with E-state index >= 15 is 0 Å². The minimum absolute atomic E-state index is 0.0591. The Hall–Kier alpha value is -0.610. The maximum Gasteiger partial charge on any atom is 0.222 e. The Morgan fingerprint density at radius 1 is 1.42 bits per heavy atom. The van der Waals surface area contributed by atoms with Crippen molar-refractivity contribution in [2.45, 2.75) is 65.5 Å². The molecule has 4 nitrogen and oxygen atoms in total. The number of hydrogen-bond donors (Lipinski definition) is 1. The molecule has 2 N–H and O–H groups in total. The second kappa shape index (κ2) is 7.25. The molecule has 1 aliphatic rings. The molecule has 0 radical (unpaired) electrons. The van der Waals surface area contributed by atoms with Gasteiger partial charge in [0.2, 0.25) is 5.91 Å². The average Bonchev–Trinajstić information content (AvgIpc) is 2.38. The van der Waals surface area contributed by atoms with Gasteiger partial charge in [0, 0.05) is 31.0 Å². The van der Waals surface area contributed by atoms with Crippen molar-refractivity contribution in [3.63, 3.8) is 0 Å². The number of nitrogens with zero attached hydrogens (tertiary/aromatic N) is 1. The van der Waals surface area contributed by atoms with Gasteiger partial charge in [0.05, 0.1) is 6.10 Å². The Labute approximate surface area is 117 Å². The van der Waals surface area contributed by atoms with Crippen LogP contribution in [0.3, 0.4) is 0 Å². The van der Waals surface area contributed by atoms with Crippen molar-refractivity contribution in [3.05, 3.63) is 0 Å². The summed E-state index contributed by atoms with van der Waals surface area (Å²) in [4.78, 5) is 14.4. The van der Waals surface area contributed by atoms with E-state index in [0.29, 0.717) is 19.0 Å². The molecule has 2 unspecified atom stereocenters. The first kappa shape index (κ1) is 16.4. The first-order valence-corrected chi connectivity index (χ1v) is 7.60. The highest BCUT2D eigenvalue weighted by molar-refractivity contribution is 5.76. The highest BCUT2D eigenvalue weighted by Crippen LogP contribution is 2.46.